The summed E-state index contributed by atoms with van der Waals surface area (Å²) in [7, 11) is 0. The van der Waals surface area contributed by atoms with Crippen LogP contribution < -0.4 is 5.73 Å². The predicted octanol–water partition coefficient (Wildman–Crippen LogP) is 0.279. The number of amides is 1. The van der Waals surface area contributed by atoms with E-state index in [9.17, 15) is 4.79 Å². The van der Waals surface area contributed by atoms with E-state index in [0.29, 0.717) is 11.8 Å². The van der Waals surface area contributed by atoms with E-state index >= 15 is 0 Å². The normalized spacial score (nSPS) is 23.2. The summed E-state index contributed by atoms with van der Waals surface area (Å²) >= 11 is 0. The van der Waals surface area contributed by atoms with Crippen LogP contribution in [0, 0.1) is 5.92 Å². The fourth-order valence-electron chi connectivity index (χ4n) is 2.32. The number of hydrogen-bond donors (Lipinski definition) is 1. The first-order chi connectivity index (χ1) is 7.81. The molecule has 0 bridgehead atoms. The zero-order chi connectivity index (χ0) is 11.4. The largest absolute Gasteiger partial charge is 0.341 e. The Morgan fingerprint density at radius 2 is 2.00 bits per heavy atom. The van der Waals surface area contributed by atoms with Crippen LogP contribution >= 0.6 is 0 Å². The van der Waals surface area contributed by atoms with E-state index in [1.54, 1.807) is 0 Å². The maximum atomic E-state index is 11.9. The minimum Gasteiger partial charge on any atom is -0.341 e. The van der Waals surface area contributed by atoms with Gasteiger partial charge in [0.25, 0.3) is 0 Å². The molecule has 0 aromatic heterocycles. The van der Waals surface area contributed by atoms with E-state index < -0.39 is 0 Å². The van der Waals surface area contributed by atoms with Crippen LogP contribution in [-0.4, -0.2) is 55.0 Å². The molecule has 2 rings (SSSR count). The van der Waals surface area contributed by atoms with E-state index in [2.05, 4.69) is 9.80 Å². The summed E-state index contributed by atoms with van der Waals surface area (Å²) in [5.74, 6) is 0.774. The van der Waals surface area contributed by atoms with Crippen LogP contribution in [0.1, 0.15) is 25.7 Å². The average Bonchev–Trinajstić information content (AvgIpc) is 3.12. The Labute approximate surface area is 97.8 Å². The highest BCUT2D eigenvalue weighted by Crippen LogP contribution is 2.31. The van der Waals surface area contributed by atoms with Gasteiger partial charge in [0, 0.05) is 25.6 Å². The number of carbonyl (C=O) groups is 1. The Morgan fingerprint density at radius 1 is 1.19 bits per heavy atom. The lowest BCUT2D eigenvalue weighted by Crippen LogP contribution is -2.36. The van der Waals surface area contributed by atoms with Gasteiger partial charge in [-0.05, 0) is 45.3 Å². The molecule has 2 N–H and O–H groups in total. The molecule has 16 heavy (non-hydrogen) atoms. The second-order valence-corrected chi connectivity index (χ2v) is 4.94. The average molecular weight is 225 g/mol. The topological polar surface area (TPSA) is 49.6 Å². The highest BCUT2D eigenvalue weighted by molar-refractivity contribution is 5.81. The standard InChI is InChI=1S/C12H23N3O/c13-5-1-6-14-7-2-8-15(10-9-14)12(16)11-3-4-11/h11H,1-10,13H2. The van der Waals surface area contributed by atoms with Gasteiger partial charge in [-0.25, -0.2) is 0 Å². The van der Waals surface area contributed by atoms with Crippen molar-refractivity contribution in [3.8, 4) is 0 Å². The SMILES string of the molecule is NCCCN1CCCN(C(=O)C2CC2)CC1. The van der Waals surface area contributed by atoms with Crippen LogP contribution in [0.15, 0.2) is 0 Å². The molecule has 1 saturated heterocycles. The summed E-state index contributed by atoms with van der Waals surface area (Å²) in [5, 5.41) is 0. The van der Waals surface area contributed by atoms with Crippen molar-refractivity contribution in [1.29, 1.82) is 0 Å². The van der Waals surface area contributed by atoms with Gasteiger partial charge < -0.3 is 15.5 Å². The zero-order valence-corrected chi connectivity index (χ0v) is 10.0. The molecule has 0 aromatic rings. The highest BCUT2D eigenvalue weighted by Gasteiger charge is 2.33. The van der Waals surface area contributed by atoms with Crippen LogP contribution in [0.3, 0.4) is 0 Å². The quantitative estimate of drug-likeness (QED) is 0.747. The third-order valence-electron chi connectivity index (χ3n) is 3.51. The monoisotopic (exact) mass is 225 g/mol. The van der Waals surface area contributed by atoms with Crippen molar-refractivity contribution in [1.82, 2.24) is 9.80 Å². The van der Waals surface area contributed by atoms with Crippen molar-refractivity contribution < 1.29 is 4.79 Å². The Kier molecular flexibility index (Phi) is 4.18. The van der Waals surface area contributed by atoms with E-state index in [0.717, 1.165) is 65.0 Å². The number of rotatable bonds is 4. The predicted molar refractivity (Wildman–Crippen MR) is 64.0 cm³/mol. The van der Waals surface area contributed by atoms with Gasteiger partial charge in [0.1, 0.15) is 0 Å². The van der Waals surface area contributed by atoms with Crippen LogP contribution in [-0.2, 0) is 4.79 Å². The summed E-state index contributed by atoms with van der Waals surface area (Å²) < 4.78 is 0. The van der Waals surface area contributed by atoms with Crippen molar-refractivity contribution in [3.05, 3.63) is 0 Å². The number of hydrogen-bond acceptors (Lipinski definition) is 3. The van der Waals surface area contributed by atoms with Gasteiger partial charge in [0.2, 0.25) is 5.91 Å². The molecule has 0 aromatic carbocycles. The molecule has 1 amide bonds. The summed E-state index contributed by atoms with van der Waals surface area (Å²) in [6.45, 7) is 5.87. The summed E-state index contributed by atoms with van der Waals surface area (Å²) in [5.41, 5.74) is 5.52. The third-order valence-corrected chi connectivity index (χ3v) is 3.51. The Bertz CT molecular complexity index is 240. The van der Waals surface area contributed by atoms with Gasteiger partial charge in [0.15, 0.2) is 0 Å². The summed E-state index contributed by atoms with van der Waals surface area (Å²) in [6.07, 6.45) is 4.41. The van der Waals surface area contributed by atoms with Crippen LogP contribution in [0.25, 0.3) is 0 Å². The van der Waals surface area contributed by atoms with Crippen molar-refractivity contribution in [2.75, 3.05) is 39.3 Å². The first kappa shape index (κ1) is 11.9. The molecule has 2 aliphatic rings. The minimum absolute atomic E-state index is 0.371. The number of nitrogens with zero attached hydrogens (tertiary/aromatic N) is 2. The molecule has 0 unspecified atom stereocenters. The zero-order valence-electron chi connectivity index (χ0n) is 10.0. The smallest absolute Gasteiger partial charge is 0.225 e. The fraction of sp³-hybridized carbons (Fsp3) is 0.917. The van der Waals surface area contributed by atoms with Crippen LogP contribution in [0.2, 0.25) is 0 Å². The second kappa shape index (κ2) is 5.64. The minimum atomic E-state index is 0.371. The molecule has 0 atom stereocenters. The summed E-state index contributed by atoms with van der Waals surface area (Å²) in [4.78, 5) is 16.4. The van der Waals surface area contributed by atoms with Crippen LogP contribution in [0.4, 0.5) is 0 Å². The Balaban J connectivity index is 1.75. The molecular weight excluding hydrogens is 202 g/mol. The lowest BCUT2D eigenvalue weighted by molar-refractivity contribution is -0.132. The van der Waals surface area contributed by atoms with E-state index in [1.165, 1.54) is 0 Å². The Hall–Kier alpha value is -0.610. The van der Waals surface area contributed by atoms with Gasteiger partial charge in [-0.3, -0.25) is 4.79 Å². The van der Waals surface area contributed by atoms with E-state index in [1.807, 2.05) is 0 Å². The van der Waals surface area contributed by atoms with Crippen LogP contribution in [0.5, 0.6) is 0 Å². The van der Waals surface area contributed by atoms with E-state index in [-0.39, 0.29) is 0 Å². The first-order valence-corrected chi connectivity index (χ1v) is 6.52. The maximum absolute atomic E-state index is 11.9. The van der Waals surface area contributed by atoms with Gasteiger partial charge in [0.05, 0.1) is 0 Å². The molecule has 4 heteroatoms. The highest BCUT2D eigenvalue weighted by atomic mass is 16.2. The maximum Gasteiger partial charge on any atom is 0.225 e. The molecular formula is C12H23N3O. The van der Waals surface area contributed by atoms with Crippen molar-refractivity contribution in [3.63, 3.8) is 0 Å². The van der Waals surface area contributed by atoms with Gasteiger partial charge in [-0.1, -0.05) is 0 Å². The molecule has 4 nitrogen and oxygen atoms in total. The van der Waals surface area contributed by atoms with Gasteiger partial charge >= 0.3 is 0 Å². The Morgan fingerprint density at radius 3 is 2.69 bits per heavy atom. The molecule has 0 radical (unpaired) electrons. The van der Waals surface area contributed by atoms with E-state index in [4.69, 9.17) is 5.73 Å². The van der Waals surface area contributed by atoms with Crippen molar-refractivity contribution >= 4 is 5.91 Å². The molecule has 1 heterocycles. The fourth-order valence-corrected chi connectivity index (χ4v) is 2.32. The molecule has 2 fully saturated rings. The van der Waals surface area contributed by atoms with Crippen molar-refractivity contribution in [2.24, 2.45) is 11.7 Å². The van der Waals surface area contributed by atoms with Gasteiger partial charge in [-0.2, -0.15) is 0 Å². The molecule has 92 valence electrons. The third kappa shape index (κ3) is 3.19. The van der Waals surface area contributed by atoms with Gasteiger partial charge in [-0.15, -0.1) is 0 Å². The lowest BCUT2D eigenvalue weighted by Gasteiger charge is -2.21. The molecule has 1 aliphatic heterocycles. The number of nitrogens with two attached hydrogens (primary N) is 1. The number of carbonyl (C=O) groups excluding carboxylic acids is 1. The summed E-state index contributed by atoms with van der Waals surface area (Å²) in [6, 6.07) is 0. The lowest BCUT2D eigenvalue weighted by atomic mass is 10.3. The second-order valence-electron chi connectivity index (χ2n) is 4.94. The molecule has 0 spiro atoms. The molecule has 1 aliphatic carbocycles. The first-order valence-electron chi connectivity index (χ1n) is 6.52. The molecule has 1 saturated carbocycles. The van der Waals surface area contributed by atoms with Crippen molar-refractivity contribution in [2.45, 2.75) is 25.7 Å².